The Balaban J connectivity index is 2.38. The summed E-state index contributed by atoms with van der Waals surface area (Å²) in [6, 6.07) is 6.72. The van der Waals surface area contributed by atoms with Crippen LogP contribution in [0.2, 0.25) is 5.02 Å². The van der Waals surface area contributed by atoms with Crippen LogP contribution < -0.4 is 10.1 Å². The molecule has 5 nitrogen and oxygen atoms in total. The van der Waals surface area contributed by atoms with E-state index in [0.717, 1.165) is 0 Å². The number of hydrogen-bond acceptors (Lipinski definition) is 3. The predicted molar refractivity (Wildman–Crippen MR) is 73.3 cm³/mol. The van der Waals surface area contributed by atoms with Crippen LogP contribution in [0, 0.1) is 0 Å². The summed E-state index contributed by atoms with van der Waals surface area (Å²) >= 11 is 5.74. The number of hydrogen-bond donors (Lipinski definition) is 1. The van der Waals surface area contributed by atoms with E-state index in [4.69, 9.17) is 16.3 Å². The summed E-state index contributed by atoms with van der Waals surface area (Å²) in [6.07, 6.45) is 0. The zero-order valence-corrected chi connectivity index (χ0v) is 11.7. The molecular formula is C13H17ClN2O3. The molecule has 0 atom stereocenters. The zero-order valence-electron chi connectivity index (χ0n) is 11.0. The Morgan fingerprint density at radius 1 is 1.32 bits per heavy atom. The maximum atomic E-state index is 11.7. The number of rotatable bonds is 6. The number of likely N-dealkylation sites (N-methyl/N-ethyl adjacent to an activating group) is 2. The van der Waals surface area contributed by atoms with Gasteiger partial charge in [-0.15, -0.1) is 0 Å². The van der Waals surface area contributed by atoms with E-state index in [-0.39, 0.29) is 25.0 Å². The van der Waals surface area contributed by atoms with Crippen molar-refractivity contribution >= 4 is 23.4 Å². The van der Waals surface area contributed by atoms with E-state index in [2.05, 4.69) is 5.32 Å². The van der Waals surface area contributed by atoms with E-state index in [9.17, 15) is 9.59 Å². The first-order valence-electron chi connectivity index (χ1n) is 5.92. The van der Waals surface area contributed by atoms with Crippen LogP contribution in [-0.4, -0.2) is 43.5 Å². The molecule has 1 aromatic rings. The molecule has 6 heteroatoms. The lowest BCUT2D eigenvalue weighted by Crippen LogP contribution is -2.40. The lowest BCUT2D eigenvalue weighted by molar-refractivity contribution is -0.136. The van der Waals surface area contributed by atoms with E-state index in [1.807, 2.05) is 6.92 Å². The highest BCUT2D eigenvalue weighted by atomic mass is 35.5. The molecule has 0 saturated heterocycles. The van der Waals surface area contributed by atoms with Crippen molar-refractivity contribution in [2.24, 2.45) is 0 Å². The van der Waals surface area contributed by atoms with Crippen LogP contribution in [0.15, 0.2) is 24.3 Å². The van der Waals surface area contributed by atoms with Crippen LogP contribution in [0.3, 0.4) is 0 Å². The molecule has 0 aliphatic rings. The molecule has 1 rings (SSSR count). The van der Waals surface area contributed by atoms with Crippen LogP contribution in [0.25, 0.3) is 0 Å². The minimum Gasteiger partial charge on any atom is -0.484 e. The maximum Gasteiger partial charge on any atom is 0.260 e. The molecule has 0 aromatic heterocycles. The Labute approximate surface area is 117 Å². The topological polar surface area (TPSA) is 58.6 Å². The third kappa shape index (κ3) is 5.61. The summed E-state index contributed by atoms with van der Waals surface area (Å²) in [7, 11) is 1.56. The van der Waals surface area contributed by atoms with Crippen molar-refractivity contribution in [3.05, 3.63) is 29.3 Å². The molecule has 0 aliphatic carbocycles. The quantitative estimate of drug-likeness (QED) is 0.857. The molecule has 0 bridgehead atoms. The van der Waals surface area contributed by atoms with Crippen molar-refractivity contribution in [2.75, 3.05) is 26.7 Å². The lowest BCUT2D eigenvalue weighted by Gasteiger charge is -2.16. The van der Waals surface area contributed by atoms with Gasteiger partial charge in [-0.1, -0.05) is 11.6 Å². The van der Waals surface area contributed by atoms with Gasteiger partial charge in [-0.05, 0) is 31.2 Å². The van der Waals surface area contributed by atoms with Crippen LogP contribution in [-0.2, 0) is 9.59 Å². The number of carbonyl (C=O) groups is 2. The standard InChI is InChI=1S/C13H17ClN2O3/c1-3-15-12(17)8-16(2)13(18)9-19-11-6-4-10(14)5-7-11/h4-7H,3,8-9H2,1-2H3,(H,15,17). The summed E-state index contributed by atoms with van der Waals surface area (Å²) in [4.78, 5) is 24.3. The molecule has 0 heterocycles. The predicted octanol–water partition coefficient (Wildman–Crippen LogP) is 1.31. The van der Waals surface area contributed by atoms with Gasteiger partial charge in [0.2, 0.25) is 5.91 Å². The highest BCUT2D eigenvalue weighted by molar-refractivity contribution is 6.30. The SMILES string of the molecule is CCNC(=O)CN(C)C(=O)COc1ccc(Cl)cc1. The minimum atomic E-state index is -0.263. The number of nitrogens with one attached hydrogen (secondary N) is 1. The third-order valence-electron chi connectivity index (χ3n) is 2.36. The first kappa shape index (κ1) is 15.3. The van der Waals surface area contributed by atoms with Gasteiger partial charge in [0.1, 0.15) is 5.75 Å². The Morgan fingerprint density at radius 3 is 2.53 bits per heavy atom. The number of carbonyl (C=O) groups excluding carboxylic acids is 2. The average molecular weight is 285 g/mol. The van der Waals surface area contributed by atoms with Crippen LogP contribution in [0.5, 0.6) is 5.75 Å². The van der Waals surface area contributed by atoms with Crippen molar-refractivity contribution in [3.63, 3.8) is 0 Å². The van der Waals surface area contributed by atoms with E-state index in [1.165, 1.54) is 4.90 Å². The summed E-state index contributed by atoms with van der Waals surface area (Å²) in [6.45, 7) is 2.28. The molecule has 104 valence electrons. The molecule has 1 N–H and O–H groups in total. The number of benzene rings is 1. The fraction of sp³-hybridized carbons (Fsp3) is 0.385. The van der Waals surface area contributed by atoms with Gasteiger partial charge in [0.25, 0.3) is 5.91 Å². The fourth-order valence-electron chi connectivity index (χ4n) is 1.34. The number of nitrogens with zero attached hydrogens (tertiary/aromatic N) is 1. The van der Waals surface area contributed by atoms with Crippen molar-refractivity contribution < 1.29 is 14.3 Å². The highest BCUT2D eigenvalue weighted by Gasteiger charge is 2.12. The largest absolute Gasteiger partial charge is 0.484 e. The van der Waals surface area contributed by atoms with Gasteiger partial charge >= 0.3 is 0 Å². The molecule has 0 unspecified atom stereocenters. The fourth-order valence-corrected chi connectivity index (χ4v) is 1.47. The van der Waals surface area contributed by atoms with Crippen molar-refractivity contribution in [2.45, 2.75) is 6.92 Å². The van der Waals surface area contributed by atoms with Crippen molar-refractivity contribution in [1.82, 2.24) is 10.2 Å². The zero-order chi connectivity index (χ0) is 14.3. The highest BCUT2D eigenvalue weighted by Crippen LogP contribution is 2.15. The molecule has 0 radical (unpaired) electrons. The second-order valence-corrected chi connectivity index (χ2v) is 4.38. The summed E-state index contributed by atoms with van der Waals surface area (Å²) in [5.41, 5.74) is 0. The van der Waals surface area contributed by atoms with Gasteiger partial charge in [0.05, 0.1) is 6.54 Å². The second-order valence-electron chi connectivity index (χ2n) is 3.95. The van der Waals surface area contributed by atoms with Crippen LogP contribution in [0.4, 0.5) is 0 Å². The molecule has 0 spiro atoms. The van der Waals surface area contributed by atoms with Crippen LogP contribution in [0.1, 0.15) is 6.92 Å². The van der Waals surface area contributed by atoms with Crippen LogP contribution >= 0.6 is 11.6 Å². The number of halogens is 1. The molecule has 19 heavy (non-hydrogen) atoms. The third-order valence-corrected chi connectivity index (χ3v) is 2.61. The Bertz CT molecular complexity index is 434. The van der Waals surface area contributed by atoms with Crippen molar-refractivity contribution in [3.8, 4) is 5.75 Å². The summed E-state index contributed by atoms with van der Waals surface area (Å²) in [5, 5.41) is 3.23. The smallest absolute Gasteiger partial charge is 0.260 e. The number of amides is 2. The Hall–Kier alpha value is -1.75. The minimum absolute atomic E-state index is 0.0245. The van der Waals surface area contributed by atoms with Gasteiger partial charge < -0.3 is 15.0 Å². The van der Waals surface area contributed by atoms with E-state index >= 15 is 0 Å². The van der Waals surface area contributed by atoms with Gasteiger partial charge in [-0.25, -0.2) is 0 Å². The first-order valence-corrected chi connectivity index (χ1v) is 6.29. The second kappa shape index (κ2) is 7.63. The van der Waals surface area contributed by atoms with Crippen molar-refractivity contribution in [1.29, 1.82) is 0 Å². The maximum absolute atomic E-state index is 11.7. The van der Waals surface area contributed by atoms with E-state index in [1.54, 1.807) is 31.3 Å². The average Bonchev–Trinajstić information content (AvgIpc) is 2.37. The molecular weight excluding hydrogens is 268 g/mol. The first-order chi connectivity index (χ1) is 9.02. The molecule has 0 aliphatic heterocycles. The van der Waals surface area contributed by atoms with E-state index < -0.39 is 0 Å². The normalized spacial score (nSPS) is 9.84. The Morgan fingerprint density at radius 2 is 1.95 bits per heavy atom. The monoisotopic (exact) mass is 284 g/mol. The van der Waals surface area contributed by atoms with E-state index in [0.29, 0.717) is 17.3 Å². The number of ether oxygens (including phenoxy) is 1. The van der Waals surface area contributed by atoms with Gasteiger partial charge in [0.15, 0.2) is 6.61 Å². The summed E-state index contributed by atoms with van der Waals surface area (Å²) < 4.78 is 5.30. The molecule has 0 saturated carbocycles. The molecule has 2 amide bonds. The van der Waals surface area contributed by atoms with Gasteiger partial charge in [-0.3, -0.25) is 9.59 Å². The Kier molecular flexibility index (Phi) is 6.15. The summed E-state index contributed by atoms with van der Waals surface area (Å²) in [5.74, 6) is 0.107. The van der Waals surface area contributed by atoms with Gasteiger partial charge in [0, 0.05) is 18.6 Å². The molecule has 1 aromatic carbocycles. The van der Waals surface area contributed by atoms with Gasteiger partial charge in [-0.2, -0.15) is 0 Å². The molecule has 0 fully saturated rings. The lowest BCUT2D eigenvalue weighted by atomic mass is 10.3.